The van der Waals surface area contributed by atoms with Gasteiger partial charge in [-0.2, -0.15) is 0 Å². The Morgan fingerprint density at radius 2 is 1.95 bits per heavy atom. The highest BCUT2D eigenvalue weighted by molar-refractivity contribution is 5.72. The number of halogens is 2. The predicted molar refractivity (Wildman–Crippen MR) is 67.7 cm³/mol. The largest absolute Gasteiger partial charge is 0.487 e. The lowest BCUT2D eigenvalue weighted by Gasteiger charge is -2.08. The van der Waals surface area contributed by atoms with E-state index in [0.29, 0.717) is 18.8 Å². The first-order valence-corrected chi connectivity index (χ1v) is 6.34. The average Bonchev–Trinajstić information content (AvgIpc) is 3.12. The summed E-state index contributed by atoms with van der Waals surface area (Å²) in [6.45, 7) is 0.337. The number of furan rings is 1. The van der Waals surface area contributed by atoms with E-state index in [1.807, 2.05) is 0 Å². The van der Waals surface area contributed by atoms with Crippen molar-refractivity contribution in [3.8, 4) is 17.1 Å². The van der Waals surface area contributed by atoms with Gasteiger partial charge in [0, 0.05) is 5.56 Å². The van der Waals surface area contributed by atoms with Gasteiger partial charge in [0.15, 0.2) is 29.4 Å². The quantitative estimate of drug-likeness (QED) is 0.780. The lowest BCUT2D eigenvalue weighted by atomic mass is 10.1. The third-order valence-electron chi connectivity index (χ3n) is 3.19. The standard InChI is InChI=1S/C15H12F2O3/c16-12-5-10(14-4-3-11(7-18)20-14)6-13(17)15(12)19-8-9-1-2-9/h3-7,9H,1-2,8H2. The topological polar surface area (TPSA) is 39.4 Å². The van der Waals surface area contributed by atoms with E-state index in [1.54, 1.807) is 0 Å². The first-order chi connectivity index (χ1) is 9.67. The molecule has 0 bridgehead atoms. The molecule has 1 fully saturated rings. The SMILES string of the molecule is O=Cc1ccc(-c2cc(F)c(OCC3CC3)c(F)c2)o1. The summed E-state index contributed by atoms with van der Waals surface area (Å²) in [4.78, 5) is 10.5. The smallest absolute Gasteiger partial charge is 0.190 e. The number of hydrogen-bond acceptors (Lipinski definition) is 3. The van der Waals surface area contributed by atoms with Gasteiger partial charge in [-0.3, -0.25) is 4.79 Å². The van der Waals surface area contributed by atoms with Crippen molar-refractivity contribution >= 4 is 6.29 Å². The maximum atomic E-state index is 13.9. The van der Waals surface area contributed by atoms with Crippen molar-refractivity contribution in [1.82, 2.24) is 0 Å². The van der Waals surface area contributed by atoms with Crippen LogP contribution in [0.2, 0.25) is 0 Å². The van der Waals surface area contributed by atoms with Gasteiger partial charge in [0.25, 0.3) is 0 Å². The number of ether oxygens (including phenoxy) is 1. The van der Waals surface area contributed by atoms with E-state index in [0.717, 1.165) is 25.0 Å². The highest BCUT2D eigenvalue weighted by atomic mass is 19.1. The highest BCUT2D eigenvalue weighted by Crippen LogP contribution is 2.33. The van der Waals surface area contributed by atoms with Gasteiger partial charge in [-0.05, 0) is 43.0 Å². The Hall–Kier alpha value is -2.17. The van der Waals surface area contributed by atoms with Crippen molar-refractivity contribution in [2.75, 3.05) is 6.61 Å². The first kappa shape index (κ1) is 12.8. The molecule has 1 heterocycles. The summed E-state index contributed by atoms with van der Waals surface area (Å²) in [5, 5.41) is 0. The molecule has 104 valence electrons. The van der Waals surface area contributed by atoms with Gasteiger partial charge in [-0.15, -0.1) is 0 Å². The number of rotatable bonds is 5. The third-order valence-corrected chi connectivity index (χ3v) is 3.19. The fourth-order valence-corrected chi connectivity index (χ4v) is 1.90. The monoisotopic (exact) mass is 278 g/mol. The number of carbonyl (C=O) groups is 1. The van der Waals surface area contributed by atoms with E-state index in [1.165, 1.54) is 12.1 Å². The molecule has 3 nitrogen and oxygen atoms in total. The summed E-state index contributed by atoms with van der Waals surface area (Å²) in [5.41, 5.74) is 0.229. The second-order valence-electron chi connectivity index (χ2n) is 4.84. The summed E-state index contributed by atoms with van der Waals surface area (Å²) in [6.07, 6.45) is 2.62. The Bertz CT molecular complexity index is 621. The molecule has 0 radical (unpaired) electrons. The van der Waals surface area contributed by atoms with Gasteiger partial charge in [0.05, 0.1) is 6.61 Å². The lowest BCUT2D eigenvalue weighted by Crippen LogP contribution is -2.03. The van der Waals surface area contributed by atoms with E-state index in [-0.39, 0.29) is 22.8 Å². The molecule has 1 saturated carbocycles. The van der Waals surface area contributed by atoms with Crippen LogP contribution in [0.25, 0.3) is 11.3 Å². The summed E-state index contributed by atoms with van der Waals surface area (Å²) < 4.78 is 38.1. The minimum absolute atomic E-state index is 0.106. The van der Waals surface area contributed by atoms with Crippen molar-refractivity contribution < 1.29 is 22.7 Å². The Morgan fingerprint density at radius 1 is 1.25 bits per heavy atom. The second-order valence-corrected chi connectivity index (χ2v) is 4.84. The molecule has 0 amide bonds. The van der Waals surface area contributed by atoms with Crippen LogP contribution in [0.5, 0.6) is 5.75 Å². The average molecular weight is 278 g/mol. The molecule has 1 aromatic carbocycles. The summed E-state index contributed by atoms with van der Waals surface area (Å²) >= 11 is 0. The van der Waals surface area contributed by atoms with E-state index < -0.39 is 11.6 Å². The molecule has 3 rings (SSSR count). The van der Waals surface area contributed by atoms with E-state index in [9.17, 15) is 13.6 Å². The normalized spacial score (nSPS) is 14.3. The summed E-state index contributed by atoms with van der Waals surface area (Å²) in [6, 6.07) is 5.20. The minimum Gasteiger partial charge on any atom is -0.487 e. The maximum Gasteiger partial charge on any atom is 0.190 e. The van der Waals surface area contributed by atoms with Crippen LogP contribution in [0.4, 0.5) is 8.78 Å². The zero-order valence-electron chi connectivity index (χ0n) is 10.6. The summed E-state index contributed by atoms with van der Waals surface area (Å²) in [5.74, 6) is -1.15. The molecule has 0 aliphatic heterocycles. The Balaban J connectivity index is 1.87. The molecule has 1 aliphatic rings. The van der Waals surface area contributed by atoms with Gasteiger partial charge in [-0.1, -0.05) is 0 Å². The molecule has 0 N–H and O–H groups in total. The number of benzene rings is 1. The molecular weight excluding hydrogens is 266 g/mol. The zero-order chi connectivity index (χ0) is 14.1. The summed E-state index contributed by atoms with van der Waals surface area (Å²) in [7, 11) is 0. The number of aldehydes is 1. The van der Waals surface area contributed by atoms with Crippen LogP contribution in [0, 0.1) is 17.6 Å². The molecule has 0 unspecified atom stereocenters. The third kappa shape index (κ3) is 2.57. The highest BCUT2D eigenvalue weighted by Gasteiger charge is 2.24. The Kier molecular flexibility index (Phi) is 3.26. The van der Waals surface area contributed by atoms with Crippen molar-refractivity contribution in [3.63, 3.8) is 0 Å². The van der Waals surface area contributed by atoms with Crippen LogP contribution in [-0.2, 0) is 0 Å². The predicted octanol–water partition coefficient (Wildman–Crippen LogP) is 3.83. The second kappa shape index (κ2) is 5.07. The number of hydrogen-bond donors (Lipinski definition) is 0. The fraction of sp³-hybridized carbons (Fsp3) is 0.267. The molecule has 0 spiro atoms. The van der Waals surface area contributed by atoms with Gasteiger partial charge in [-0.25, -0.2) is 8.78 Å². The Morgan fingerprint density at radius 3 is 2.50 bits per heavy atom. The van der Waals surface area contributed by atoms with Crippen molar-refractivity contribution in [1.29, 1.82) is 0 Å². The van der Waals surface area contributed by atoms with Gasteiger partial charge < -0.3 is 9.15 Å². The van der Waals surface area contributed by atoms with Crippen molar-refractivity contribution in [2.24, 2.45) is 5.92 Å². The molecule has 2 aromatic rings. The zero-order valence-corrected chi connectivity index (χ0v) is 10.6. The molecular formula is C15H12F2O3. The van der Waals surface area contributed by atoms with Gasteiger partial charge in [0.2, 0.25) is 0 Å². The molecule has 20 heavy (non-hydrogen) atoms. The molecule has 1 aliphatic carbocycles. The van der Waals surface area contributed by atoms with Crippen LogP contribution in [0.1, 0.15) is 23.4 Å². The van der Waals surface area contributed by atoms with Crippen LogP contribution in [-0.4, -0.2) is 12.9 Å². The van der Waals surface area contributed by atoms with Crippen molar-refractivity contribution in [2.45, 2.75) is 12.8 Å². The minimum atomic E-state index is -0.773. The van der Waals surface area contributed by atoms with Gasteiger partial charge in [0.1, 0.15) is 5.76 Å². The van der Waals surface area contributed by atoms with E-state index in [2.05, 4.69) is 0 Å². The first-order valence-electron chi connectivity index (χ1n) is 6.34. The molecule has 0 saturated heterocycles. The van der Waals surface area contributed by atoms with Crippen LogP contribution in [0.15, 0.2) is 28.7 Å². The molecule has 1 aromatic heterocycles. The maximum absolute atomic E-state index is 13.9. The molecule has 5 heteroatoms. The molecule has 0 atom stereocenters. The fourth-order valence-electron chi connectivity index (χ4n) is 1.90. The van der Waals surface area contributed by atoms with Crippen LogP contribution >= 0.6 is 0 Å². The lowest BCUT2D eigenvalue weighted by molar-refractivity contribution is 0.110. The van der Waals surface area contributed by atoms with Gasteiger partial charge >= 0.3 is 0 Å². The van der Waals surface area contributed by atoms with E-state index in [4.69, 9.17) is 9.15 Å². The van der Waals surface area contributed by atoms with Crippen LogP contribution < -0.4 is 4.74 Å². The number of carbonyl (C=O) groups excluding carboxylic acids is 1. The Labute approximate surface area is 114 Å². The van der Waals surface area contributed by atoms with E-state index >= 15 is 0 Å². The van der Waals surface area contributed by atoms with Crippen molar-refractivity contribution in [3.05, 3.63) is 41.7 Å². The van der Waals surface area contributed by atoms with Crippen LogP contribution in [0.3, 0.4) is 0 Å².